The van der Waals surface area contributed by atoms with Crippen molar-refractivity contribution in [3.63, 3.8) is 0 Å². The molecule has 0 fully saturated rings. The van der Waals surface area contributed by atoms with Crippen LogP contribution in [0.2, 0.25) is 0 Å². The zero-order valence-electron chi connectivity index (χ0n) is 10.9. The van der Waals surface area contributed by atoms with E-state index in [4.69, 9.17) is 12.8 Å². The zero-order valence-corrected chi connectivity index (χ0v) is 10.9. The molecule has 2 heterocycles. The number of terminal acetylenes is 2. The summed E-state index contributed by atoms with van der Waals surface area (Å²) < 4.78 is 2.78. The third-order valence-electron chi connectivity index (χ3n) is 2.88. The number of imidazole rings is 1. The summed E-state index contributed by atoms with van der Waals surface area (Å²) in [5, 5.41) is 10.9. The number of fused-ring (bicyclic) bond motifs is 1. The first-order valence-corrected chi connectivity index (χ1v) is 5.65. The summed E-state index contributed by atoms with van der Waals surface area (Å²) in [6, 6.07) is 0. The lowest BCUT2D eigenvalue weighted by Crippen LogP contribution is -2.40. The lowest BCUT2D eigenvalue weighted by molar-refractivity contribution is -0.396. The molecule has 0 N–H and O–H groups in total. The summed E-state index contributed by atoms with van der Waals surface area (Å²) in [5.74, 6) is 3.86. The maximum Gasteiger partial charge on any atom is 0.437 e. The Bertz CT molecular complexity index is 948. The van der Waals surface area contributed by atoms with Crippen LogP contribution >= 0.6 is 0 Å². The first-order chi connectivity index (χ1) is 9.93. The van der Waals surface area contributed by atoms with Crippen LogP contribution in [0.15, 0.2) is 9.59 Å². The number of hydrogen-bond acceptors (Lipinski definition) is 5. The number of nitro groups is 1. The Morgan fingerprint density at radius 1 is 1.24 bits per heavy atom. The minimum absolute atomic E-state index is 0.105. The van der Waals surface area contributed by atoms with Crippen LogP contribution in [0.4, 0.5) is 5.95 Å². The van der Waals surface area contributed by atoms with Crippen LogP contribution in [0.1, 0.15) is 0 Å². The molecule has 0 unspecified atom stereocenters. The second kappa shape index (κ2) is 4.98. The van der Waals surface area contributed by atoms with E-state index in [9.17, 15) is 19.7 Å². The SMILES string of the molecule is C#CCn1c(=O)c2c(nc([N+](=O)[O-])n2C)n(CC#C)c1=O. The van der Waals surface area contributed by atoms with Crippen molar-refractivity contribution < 1.29 is 4.92 Å². The smallest absolute Gasteiger partial charge is 0.390 e. The topological polar surface area (TPSA) is 105 Å². The monoisotopic (exact) mass is 287 g/mol. The molecule has 9 nitrogen and oxygen atoms in total. The van der Waals surface area contributed by atoms with E-state index >= 15 is 0 Å². The number of rotatable bonds is 3. The molecule has 9 heteroatoms. The van der Waals surface area contributed by atoms with Crippen LogP contribution in [-0.2, 0) is 20.1 Å². The Kier molecular flexibility index (Phi) is 3.34. The van der Waals surface area contributed by atoms with Crippen LogP contribution in [0.5, 0.6) is 0 Å². The molecule has 0 amide bonds. The second-order valence-electron chi connectivity index (χ2n) is 4.07. The predicted octanol–water partition coefficient (Wildman–Crippen LogP) is -0.929. The van der Waals surface area contributed by atoms with Crippen LogP contribution in [0.3, 0.4) is 0 Å². The molecular weight excluding hydrogens is 278 g/mol. The molecule has 0 spiro atoms. The molecule has 106 valence electrons. The first kappa shape index (κ1) is 14.1. The Balaban J connectivity index is 3.07. The lowest BCUT2D eigenvalue weighted by atomic mass is 10.4. The van der Waals surface area contributed by atoms with Crippen molar-refractivity contribution in [2.45, 2.75) is 13.1 Å². The fraction of sp³-hybridized carbons (Fsp3) is 0.250. The molecule has 0 aliphatic heterocycles. The van der Waals surface area contributed by atoms with Crippen molar-refractivity contribution >= 4 is 17.1 Å². The van der Waals surface area contributed by atoms with Gasteiger partial charge in [0, 0.05) is 0 Å². The van der Waals surface area contributed by atoms with Crippen molar-refractivity contribution in [2.24, 2.45) is 7.05 Å². The van der Waals surface area contributed by atoms with Gasteiger partial charge < -0.3 is 10.1 Å². The minimum Gasteiger partial charge on any atom is -0.390 e. The van der Waals surface area contributed by atoms with Gasteiger partial charge in [0.1, 0.15) is 0 Å². The van der Waals surface area contributed by atoms with Gasteiger partial charge in [-0.3, -0.25) is 4.79 Å². The van der Waals surface area contributed by atoms with E-state index in [1.807, 2.05) is 0 Å². The molecule has 0 radical (unpaired) electrons. The molecule has 0 aliphatic carbocycles. The molecule has 0 bridgehead atoms. The fourth-order valence-electron chi connectivity index (χ4n) is 1.98. The maximum atomic E-state index is 12.3. The van der Waals surface area contributed by atoms with Gasteiger partial charge in [-0.05, 0) is 9.91 Å². The molecular formula is C12H9N5O4. The van der Waals surface area contributed by atoms with Crippen molar-refractivity contribution in [1.29, 1.82) is 0 Å². The van der Waals surface area contributed by atoms with E-state index in [0.717, 1.165) is 13.7 Å². The summed E-state index contributed by atoms with van der Waals surface area (Å²) in [6.07, 6.45) is 10.3. The Labute approximate surface area is 117 Å². The third-order valence-corrected chi connectivity index (χ3v) is 2.88. The number of nitrogens with zero attached hydrogens (tertiary/aromatic N) is 5. The largest absolute Gasteiger partial charge is 0.437 e. The molecule has 2 aromatic heterocycles. The summed E-state index contributed by atoms with van der Waals surface area (Å²) in [5.41, 5.74) is -1.74. The number of aryl methyl sites for hydroxylation is 1. The fourth-order valence-corrected chi connectivity index (χ4v) is 1.98. The number of hydrogen-bond donors (Lipinski definition) is 0. The van der Waals surface area contributed by atoms with E-state index in [1.165, 1.54) is 7.05 Å². The van der Waals surface area contributed by atoms with Crippen LogP contribution in [0, 0.1) is 34.8 Å². The van der Waals surface area contributed by atoms with Gasteiger partial charge >= 0.3 is 11.6 Å². The summed E-state index contributed by atoms with van der Waals surface area (Å²) >= 11 is 0. The average Bonchev–Trinajstić information content (AvgIpc) is 2.77. The maximum absolute atomic E-state index is 12.3. The quantitative estimate of drug-likeness (QED) is 0.412. The van der Waals surface area contributed by atoms with Crippen molar-refractivity contribution in [1.82, 2.24) is 18.7 Å². The predicted molar refractivity (Wildman–Crippen MR) is 73.6 cm³/mol. The number of aromatic nitrogens is 4. The van der Waals surface area contributed by atoms with E-state index in [-0.39, 0.29) is 24.3 Å². The van der Waals surface area contributed by atoms with Crippen molar-refractivity contribution in [3.8, 4) is 24.7 Å². The molecule has 2 rings (SSSR count). The molecule has 0 aromatic carbocycles. The molecule has 21 heavy (non-hydrogen) atoms. The summed E-state index contributed by atoms with van der Waals surface area (Å²) in [6.45, 7) is -0.453. The van der Waals surface area contributed by atoms with Crippen LogP contribution in [-0.4, -0.2) is 23.6 Å². The van der Waals surface area contributed by atoms with E-state index in [1.54, 1.807) is 0 Å². The Morgan fingerprint density at radius 2 is 1.81 bits per heavy atom. The molecule has 0 atom stereocenters. The third kappa shape index (κ3) is 1.97. The highest BCUT2D eigenvalue weighted by atomic mass is 16.6. The molecule has 0 aliphatic rings. The van der Waals surface area contributed by atoms with Gasteiger partial charge in [-0.15, -0.1) is 12.8 Å². The van der Waals surface area contributed by atoms with Crippen molar-refractivity contribution in [2.75, 3.05) is 0 Å². The Morgan fingerprint density at radius 3 is 2.33 bits per heavy atom. The van der Waals surface area contributed by atoms with Gasteiger partial charge in [0.2, 0.25) is 5.52 Å². The van der Waals surface area contributed by atoms with Gasteiger partial charge in [0.05, 0.1) is 20.1 Å². The van der Waals surface area contributed by atoms with Gasteiger partial charge in [-0.2, -0.15) is 0 Å². The van der Waals surface area contributed by atoms with Crippen LogP contribution in [0.25, 0.3) is 11.2 Å². The molecule has 2 aromatic rings. The minimum atomic E-state index is -0.754. The highest BCUT2D eigenvalue weighted by Gasteiger charge is 2.27. The van der Waals surface area contributed by atoms with E-state index in [2.05, 4.69) is 16.8 Å². The normalized spacial score (nSPS) is 10.2. The van der Waals surface area contributed by atoms with Gasteiger partial charge in [0.25, 0.3) is 11.2 Å². The zero-order chi connectivity index (χ0) is 15.7. The lowest BCUT2D eigenvalue weighted by Gasteiger charge is -2.04. The van der Waals surface area contributed by atoms with E-state index < -0.39 is 22.1 Å². The van der Waals surface area contributed by atoms with Gasteiger partial charge in [-0.1, -0.05) is 11.8 Å². The average molecular weight is 287 g/mol. The van der Waals surface area contributed by atoms with Crippen molar-refractivity contribution in [3.05, 3.63) is 31.0 Å². The summed E-state index contributed by atoms with van der Waals surface area (Å²) in [4.78, 5) is 38.3. The van der Waals surface area contributed by atoms with Crippen LogP contribution < -0.4 is 11.2 Å². The van der Waals surface area contributed by atoms with Gasteiger partial charge in [0.15, 0.2) is 0 Å². The molecule has 0 saturated heterocycles. The summed E-state index contributed by atoms with van der Waals surface area (Å²) in [7, 11) is 1.31. The first-order valence-electron chi connectivity index (χ1n) is 5.65. The van der Waals surface area contributed by atoms with Gasteiger partial charge in [-0.25, -0.2) is 18.5 Å². The highest BCUT2D eigenvalue weighted by Crippen LogP contribution is 2.15. The van der Waals surface area contributed by atoms with E-state index in [0.29, 0.717) is 0 Å². The second-order valence-corrected chi connectivity index (χ2v) is 4.07. The molecule has 0 saturated carbocycles. The highest BCUT2D eigenvalue weighted by molar-refractivity contribution is 5.72. The standard InChI is InChI=1S/C12H9N5O4/c1-4-6-15-9-8(14(3)11(13-9)17(20)21)10(18)16(7-5-2)12(15)19/h1-2H,6-7H2,3H3. The Hall–Kier alpha value is -3.33.